The van der Waals surface area contributed by atoms with E-state index in [1.54, 1.807) is 0 Å². The molecular formula is C12H17. The Morgan fingerprint density at radius 2 is 2.08 bits per heavy atom. The third-order valence-electron chi connectivity index (χ3n) is 1.60. The van der Waals surface area contributed by atoms with Crippen molar-refractivity contribution in [3.05, 3.63) is 5.92 Å². The normalized spacial score (nSPS) is 8.83. The lowest BCUT2D eigenvalue weighted by Gasteiger charge is -2.00. The van der Waals surface area contributed by atoms with Crippen LogP contribution in [-0.2, 0) is 0 Å². The van der Waals surface area contributed by atoms with Crippen LogP contribution in [0.15, 0.2) is 0 Å². The molecule has 0 aromatic heterocycles. The highest BCUT2D eigenvalue weighted by Crippen LogP contribution is 2.09. The van der Waals surface area contributed by atoms with Crippen molar-refractivity contribution in [2.24, 2.45) is 0 Å². The maximum Gasteiger partial charge on any atom is 0.0449 e. The molecule has 0 heterocycles. The summed E-state index contributed by atoms with van der Waals surface area (Å²) in [4.78, 5) is 0. The average molecular weight is 161 g/mol. The summed E-state index contributed by atoms with van der Waals surface area (Å²) in [5.41, 5.74) is 0. The molecule has 0 heteroatoms. The van der Waals surface area contributed by atoms with Crippen molar-refractivity contribution in [2.75, 3.05) is 0 Å². The van der Waals surface area contributed by atoms with Gasteiger partial charge in [0.1, 0.15) is 0 Å². The predicted octanol–water partition coefficient (Wildman–Crippen LogP) is 3.19. The van der Waals surface area contributed by atoms with Crippen LogP contribution in [0.25, 0.3) is 0 Å². The van der Waals surface area contributed by atoms with Gasteiger partial charge >= 0.3 is 0 Å². The standard InChI is InChI=1S/C12H17/c1-4-6-8-9-11-12(3)10-7-5-2/h1H,5-6,8-9,11H2,2-3H3. The zero-order valence-corrected chi connectivity index (χ0v) is 8.11. The molecule has 0 rings (SSSR count). The molecule has 0 saturated heterocycles. The van der Waals surface area contributed by atoms with Crippen molar-refractivity contribution in [2.45, 2.75) is 46.0 Å². The highest BCUT2D eigenvalue weighted by atomic mass is 14.0. The van der Waals surface area contributed by atoms with Crippen LogP contribution in [0.1, 0.15) is 46.0 Å². The summed E-state index contributed by atoms with van der Waals surface area (Å²) in [6.45, 7) is 4.16. The second-order valence-corrected chi connectivity index (χ2v) is 2.85. The summed E-state index contributed by atoms with van der Waals surface area (Å²) in [6, 6.07) is 0. The smallest absolute Gasteiger partial charge is 0.0449 e. The molecule has 0 atom stereocenters. The van der Waals surface area contributed by atoms with Gasteiger partial charge in [-0.3, -0.25) is 0 Å². The van der Waals surface area contributed by atoms with Crippen LogP contribution < -0.4 is 0 Å². The largest absolute Gasteiger partial charge is 0.120 e. The molecule has 0 amide bonds. The van der Waals surface area contributed by atoms with Crippen LogP contribution in [0.2, 0.25) is 0 Å². The molecule has 1 radical (unpaired) electrons. The molecule has 0 unspecified atom stereocenters. The van der Waals surface area contributed by atoms with Gasteiger partial charge in [-0.25, -0.2) is 0 Å². The van der Waals surface area contributed by atoms with E-state index >= 15 is 0 Å². The van der Waals surface area contributed by atoms with Gasteiger partial charge < -0.3 is 0 Å². The van der Waals surface area contributed by atoms with E-state index in [4.69, 9.17) is 6.42 Å². The van der Waals surface area contributed by atoms with Crippen molar-refractivity contribution in [1.82, 2.24) is 0 Å². The third-order valence-corrected chi connectivity index (χ3v) is 1.60. The van der Waals surface area contributed by atoms with Gasteiger partial charge in [0, 0.05) is 18.8 Å². The highest BCUT2D eigenvalue weighted by Gasteiger charge is 1.96. The SMILES string of the molecule is C#CCCCC[C](C)C#CCC. The lowest BCUT2D eigenvalue weighted by atomic mass is 10.0. The Hall–Kier alpha value is -0.880. The third kappa shape index (κ3) is 7.23. The van der Waals surface area contributed by atoms with Gasteiger partial charge in [-0.1, -0.05) is 19.3 Å². The van der Waals surface area contributed by atoms with E-state index in [-0.39, 0.29) is 0 Å². The van der Waals surface area contributed by atoms with E-state index in [0.29, 0.717) is 0 Å². The Balaban J connectivity index is 3.32. The fraction of sp³-hybridized carbons (Fsp3) is 0.583. The molecule has 0 fully saturated rings. The summed E-state index contributed by atoms with van der Waals surface area (Å²) in [7, 11) is 0. The second kappa shape index (κ2) is 8.22. The molecule has 0 nitrogen and oxygen atoms in total. The minimum atomic E-state index is 0.897. The van der Waals surface area contributed by atoms with Crippen molar-refractivity contribution < 1.29 is 0 Å². The number of hydrogen-bond acceptors (Lipinski definition) is 0. The summed E-state index contributed by atoms with van der Waals surface area (Å²) in [5, 5.41) is 0. The Kier molecular flexibility index (Phi) is 7.62. The van der Waals surface area contributed by atoms with Crippen LogP contribution in [-0.4, -0.2) is 0 Å². The van der Waals surface area contributed by atoms with Crippen molar-refractivity contribution in [3.8, 4) is 24.2 Å². The lowest BCUT2D eigenvalue weighted by Crippen LogP contribution is -1.87. The molecule has 0 bridgehead atoms. The first-order valence-electron chi connectivity index (χ1n) is 4.56. The van der Waals surface area contributed by atoms with Crippen molar-refractivity contribution in [3.63, 3.8) is 0 Å². The maximum atomic E-state index is 5.14. The molecular weight excluding hydrogens is 144 g/mol. The molecule has 0 aliphatic heterocycles. The summed E-state index contributed by atoms with van der Waals surface area (Å²) in [5.74, 6) is 10.1. The maximum absolute atomic E-state index is 5.14. The molecule has 0 aromatic rings. The molecule has 0 N–H and O–H groups in total. The molecule has 65 valence electrons. The van der Waals surface area contributed by atoms with Gasteiger partial charge in [-0.05, 0) is 19.8 Å². The van der Waals surface area contributed by atoms with E-state index in [1.165, 1.54) is 12.3 Å². The van der Waals surface area contributed by atoms with E-state index in [1.807, 2.05) is 0 Å². The zero-order valence-electron chi connectivity index (χ0n) is 8.11. The Morgan fingerprint density at radius 1 is 1.33 bits per heavy atom. The van der Waals surface area contributed by atoms with E-state index in [0.717, 1.165) is 25.7 Å². The van der Waals surface area contributed by atoms with Gasteiger partial charge in [0.15, 0.2) is 0 Å². The molecule has 0 aromatic carbocycles. The van der Waals surface area contributed by atoms with Gasteiger partial charge in [0.05, 0.1) is 0 Å². The molecule has 0 aliphatic carbocycles. The van der Waals surface area contributed by atoms with Crippen LogP contribution in [0, 0.1) is 30.1 Å². The number of terminal acetylenes is 1. The summed E-state index contributed by atoms with van der Waals surface area (Å²) < 4.78 is 0. The topological polar surface area (TPSA) is 0 Å². The van der Waals surface area contributed by atoms with E-state index < -0.39 is 0 Å². The number of rotatable bonds is 4. The molecule has 12 heavy (non-hydrogen) atoms. The molecule has 0 saturated carbocycles. The molecule has 0 spiro atoms. The number of hydrogen-bond donors (Lipinski definition) is 0. The highest BCUT2D eigenvalue weighted by molar-refractivity contribution is 5.18. The quantitative estimate of drug-likeness (QED) is 0.439. The van der Waals surface area contributed by atoms with Crippen LogP contribution >= 0.6 is 0 Å². The monoisotopic (exact) mass is 161 g/mol. The fourth-order valence-corrected chi connectivity index (χ4v) is 0.919. The summed E-state index contributed by atoms with van der Waals surface area (Å²) >= 11 is 0. The Bertz CT molecular complexity index is 184. The first-order valence-corrected chi connectivity index (χ1v) is 4.56. The predicted molar refractivity (Wildman–Crippen MR) is 54.3 cm³/mol. The van der Waals surface area contributed by atoms with Gasteiger partial charge in [-0.2, -0.15) is 0 Å². The minimum Gasteiger partial charge on any atom is -0.120 e. The van der Waals surface area contributed by atoms with Gasteiger partial charge in [-0.15, -0.1) is 18.3 Å². The number of unbranched alkanes of at least 4 members (excludes halogenated alkanes) is 2. The first-order chi connectivity index (χ1) is 5.81. The van der Waals surface area contributed by atoms with E-state index in [2.05, 4.69) is 31.6 Å². The fourth-order valence-electron chi connectivity index (χ4n) is 0.919. The average Bonchev–Trinajstić information content (AvgIpc) is 2.09. The van der Waals surface area contributed by atoms with Crippen LogP contribution in [0.5, 0.6) is 0 Å². The van der Waals surface area contributed by atoms with Crippen molar-refractivity contribution in [1.29, 1.82) is 0 Å². The first kappa shape index (κ1) is 11.1. The van der Waals surface area contributed by atoms with Crippen molar-refractivity contribution >= 4 is 0 Å². The van der Waals surface area contributed by atoms with Crippen LogP contribution in [0.4, 0.5) is 0 Å². The van der Waals surface area contributed by atoms with Crippen LogP contribution in [0.3, 0.4) is 0 Å². The lowest BCUT2D eigenvalue weighted by molar-refractivity contribution is 0.726. The zero-order chi connectivity index (χ0) is 9.23. The second-order valence-electron chi connectivity index (χ2n) is 2.85. The Morgan fingerprint density at radius 3 is 2.67 bits per heavy atom. The summed E-state index contributed by atoms with van der Waals surface area (Å²) in [6.07, 6.45) is 10.4. The molecule has 0 aliphatic rings. The van der Waals surface area contributed by atoms with E-state index in [9.17, 15) is 0 Å². The Labute approximate surface area is 76.8 Å². The van der Waals surface area contributed by atoms with Gasteiger partial charge in [0.25, 0.3) is 0 Å². The van der Waals surface area contributed by atoms with Gasteiger partial charge in [0.2, 0.25) is 0 Å². The minimum absolute atomic E-state index is 0.897.